The van der Waals surface area contributed by atoms with Crippen molar-refractivity contribution in [2.45, 2.75) is 51.5 Å². The third kappa shape index (κ3) is 5.21. The summed E-state index contributed by atoms with van der Waals surface area (Å²) in [6, 6.07) is 8.47. The van der Waals surface area contributed by atoms with Crippen LogP contribution < -0.4 is 21.3 Å². The minimum Gasteiger partial charge on any atom is -0.494 e. The first-order valence-corrected chi connectivity index (χ1v) is 8.19. The van der Waals surface area contributed by atoms with Crippen molar-refractivity contribution < 1.29 is 4.74 Å². The lowest BCUT2D eigenvalue weighted by atomic mass is 9.86. The molecule has 2 rings (SSSR count). The third-order valence-corrected chi connectivity index (χ3v) is 4.28. The molecule has 0 aliphatic heterocycles. The largest absolute Gasteiger partial charge is 0.494 e. The van der Waals surface area contributed by atoms with Crippen molar-refractivity contribution in [2.75, 3.05) is 18.2 Å². The van der Waals surface area contributed by atoms with Crippen molar-refractivity contribution in [3.8, 4) is 5.75 Å². The van der Waals surface area contributed by atoms with Crippen molar-refractivity contribution >= 4 is 5.69 Å². The number of hydrogen-bond acceptors (Lipinski definition) is 4. The van der Waals surface area contributed by atoms with E-state index >= 15 is 0 Å². The van der Waals surface area contributed by atoms with Gasteiger partial charge in [0.25, 0.3) is 0 Å². The first-order valence-electron chi connectivity index (χ1n) is 8.19. The van der Waals surface area contributed by atoms with Crippen LogP contribution in [0.4, 0.5) is 5.69 Å². The highest BCUT2D eigenvalue weighted by Crippen LogP contribution is 2.25. The van der Waals surface area contributed by atoms with Gasteiger partial charge in [0.1, 0.15) is 5.75 Å². The number of nitrogens with zero attached hydrogens (tertiary/aromatic N) is 1. The fourth-order valence-electron chi connectivity index (χ4n) is 2.82. The maximum absolute atomic E-state index is 6.19. The first kappa shape index (κ1) is 16.1. The van der Waals surface area contributed by atoms with Crippen LogP contribution in [0.2, 0.25) is 0 Å². The molecule has 1 aromatic rings. The van der Waals surface area contributed by atoms with Crippen LogP contribution in [-0.2, 0) is 0 Å². The van der Waals surface area contributed by atoms with Gasteiger partial charge < -0.3 is 15.5 Å². The molecule has 0 amide bonds. The van der Waals surface area contributed by atoms with E-state index in [1.807, 2.05) is 29.3 Å². The number of ether oxygens (including phenoxy) is 1. The Balaban J connectivity index is 1.80. The molecule has 21 heavy (non-hydrogen) atoms. The zero-order valence-electron chi connectivity index (χ0n) is 13.1. The summed E-state index contributed by atoms with van der Waals surface area (Å²) in [5.41, 5.74) is 7.00. The molecule has 0 saturated heterocycles. The van der Waals surface area contributed by atoms with Crippen LogP contribution >= 0.6 is 0 Å². The smallest absolute Gasteiger partial charge is 0.119 e. The highest BCUT2D eigenvalue weighted by Gasteiger charge is 2.20. The molecule has 0 atom stereocenters. The van der Waals surface area contributed by atoms with Gasteiger partial charge in [-0.2, -0.15) is 0 Å². The van der Waals surface area contributed by atoms with E-state index in [0.717, 1.165) is 50.3 Å². The summed E-state index contributed by atoms with van der Waals surface area (Å²) in [4.78, 5) is 0. The number of hydrazine groups is 1. The highest BCUT2D eigenvalue weighted by molar-refractivity contribution is 5.47. The normalized spacial score (nSPS) is 22.0. The van der Waals surface area contributed by atoms with Crippen LogP contribution in [-0.4, -0.2) is 19.2 Å². The van der Waals surface area contributed by atoms with Crippen molar-refractivity contribution in [1.82, 2.24) is 0 Å². The predicted octanol–water partition coefficient (Wildman–Crippen LogP) is 3.06. The van der Waals surface area contributed by atoms with Gasteiger partial charge in [-0.05, 0) is 62.3 Å². The van der Waals surface area contributed by atoms with Gasteiger partial charge in [0, 0.05) is 12.6 Å². The van der Waals surface area contributed by atoms with Gasteiger partial charge in [-0.25, -0.2) is 5.84 Å². The molecule has 0 radical (unpaired) electrons. The number of nitrogens with two attached hydrogens (primary N) is 2. The van der Waals surface area contributed by atoms with Crippen LogP contribution in [0.3, 0.4) is 0 Å². The van der Waals surface area contributed by atoms with E-state index in [0.29, 0.717) is 12.0 Å². The van der Waals surface area contributed by atoms with Gasteiger partial charge in [-0.3, -0.25) is 0 Å². The summed E-state index contributed by atoms with van der Waals surface area (Å²) in [6.45, 7) is 3.85. The zero-order valence-corrected chi connectivity index (χ0v) is 13.1. The van der Waals surface area contributed by atoms with Crippen LogP contribution in [0.1, 0.15) is 45.4 Å². The Morgan fingerprint density at radius 1 is 1.14 bits per heavy atom. The van der Waals surface area contributed by atoms with Crippen LogP contribution in [0.5, 0.6) is 5.75 Å². The second-order valence-electron chi connectivity index (χ2n) is 6.13. The van der Waals surface area contributed by atoms with E-state index in [2.05, 4.69) is 6.92 Å². The standard InChI is InChI=1S/C17H29N3O/c1-2-3-12-21-17-10-8-16(9-11-17)20(19)13-14-4-6-15(18)7-5-14/h8-11,14-15H,2-7,12-13,18-19H2,1H3. The van der Waals surface area contributed by atoms with Gasteiger partial charge in [0.15, 0.2) is 0 Å². The summed E-state index contributed by atoms with van der Waals surface area (Å²) >= 11 is 0. The quantitative estimate of drug-likeness (QED) is 0.460. The number of rotatable bonds is 7. The number of unbranched alkanes of at least 4 members (excludes halogenated alkanes) is 1. The zero-order chi connectivity index (χ0) is 15.1. The molecule has 1 saturated carbocycles. The molecule has 4 N–H and O–H groups in total. The van der Waals surface area contributed by atoms with E-state index in [9.17, 15) is 0 Å². The second-order valence-corrected chi connectivity index (χ2v) is 6.13. The lowest BCUT2D eigenvalue weighted by molar-refractivity contribution is 0.309. The highest BCUT2D eigenvalue weighted by atomic mass is 16.5. The second kappa shape index (κ2) is 8.25. The minimum absolute atomic E-state index is 0.395. The SMILES string of the molecule is CCCCOc1ccc(N(N)CC2CCC(N)CC2)cc1. The van der Waals surface area contributed by atoms with E-state index in [4.69, 9.17) is 16.3 Å². The molecule has 1 aliphatic rings. The van der Waals surface area contributed by atoms with Crippen molar-refractivity contribution in [1.29, 1.82) is 0 Å². The monoisotopic (exact) mass is 291 g/mol. The van der Waals surface area contributed by atoms with Crippen LogP contribution in [0, 0.1) is 5.92 Å². The third-order valence-electron chi connectivity index (χ3n) is 4.28. The summed E-state index contributed by atoms with van der Waals surface area (Å²) in [6.07, 6.45) is 6.87. The van der Waals surface area contributed by atoms with Gasteiger partial charge >= 0.3 is 0 Å². The van der Waals surface area contributed by atoms with Crippen LogP contribution in [0.25, 0.3) is 0 Å². The molecule has 0 bridgehead atoms. The molecular weight excluding hydrogens is 262 g/mol. The van der Waals surface area contributed by atoms with Gasteiger partial charge in [0.2, 0.25) is 0 Å². The summed E-state index contributed by atoms with van der Waals surface area (Å²) < 4.78 is 5.67. The molecular formula is C17H29N3O. The molecule has 0 heterocycles. The van der Waals surface area contributed by atoms with Crippen LogP contribution in [0.15, 0.2) is 24.3 Å². The molecule has 0 unspecified atom stereocenters. The molecule has 118 valence electrons. The predicted molar refractivity (Wildman–Crippen MR) is 88.3 cm³/mol. The fourth-order valence-corrected chi connectivity index (χ4v) is 2.82. The van der Waals surface area contributed by atoms with Crippen molar-refractivity contribution in [2.24, 2.45) is 17.5 Å². The summed E-state index contributed by atoms with van der Waals surface area (Å²) in [5.74, 6) is 7.78. The Labute approximate surface area is 128 Å². The Morgan fingerprint density at radius 3 is 2.43 bits per heavy atom. The number of anilines is 1. The van der Waals surface area contributed by atoms with E-state index < -0.39 is 0 Å². The van der Waals surface area contributed by atoms with E-state index in [1.54, 1.807) is 0 Å². The Kier molecular flexibility index (Phi) is 6.33. The summed E-state index contributed by atoms with van der Waals surface area (Å²) in [5, 5.41) is 1.86. The topological polar surface area (TPSA) is 64.5 Å². The molecule has 1 fully saturated rings. The average molecular weight is 291 g/mol. The minimum atomic E-state index is 0.395. The van der Waals surface area contributed by atoms with Gasteiger partial charge in [-0.15, -0.1) is 0 Å². The summed E-state index contributed by atoms with van der Waals surface area (Å²) in [7, 11) is 0. The average Bonchev–Trinajstić information content (AvgIpc) is 2.50. The Bertz CT molecular complexity index is 399. The number of benzene rings is 1. The molecule has 0 aromatic heterocycles. The van der Waals surface area contributed by atoms with Crippen molar-refractivity contribution in [3.63, 3.8) is 0 Å². The molecule has 0 spiro atoms. The molecule has 4 heteroatoms. The Morgan fingerprint density at radius 2 is 1.81 bits per heavy atom. The number of hydrogen-bond donors (Lipinski definition) is 2. The first-order chi connectivity index (χ1) is 10.2. The molecule has 1 aliphatic carbocycles. The Hall–Kier alpha value is -1.26. The van der Waals surface area contributed by atoms with Gasteiger partial charge in [-0.1, -0.05) is 13.3 Å². The molecule has 4 nitrogen and oxygen atoms in total. The van der Waals surface area contributed by atoms with E-state index in [-0.39, 0.29) is 0 Å². The maximum Gasteiger partial charge on any atom is 0.119 e. The lowest BCUT2D eigenvalue weighted by Crippen LogP contribution is -2.38. The van der Waals surface area contributed by atoms with Crippen molar-refractivity contribution in [3.05, 3.63) is 24.3 Å². The fraction of sp³-hybridized carbons (Fsp3) is 0.647. The van der Waals surface area contributed by atoms with E-state index in [1.165, 1.54) is 12.8 Å². The molecule has 1 aromatic carbocycles. The lowest BCUT2D eigenvalue weighted by Gasteiger charge is -2.30. The van der Waals surface area contributed by atoms with Gasteiger partial charge in [0.05, 0.1) is 12.3 Å². The maximum atomic E-state index is 6.19.